The van der Waals surface area contributed by atoms with Gasteiger partial charge in [-0.1, -0.05) is 41.5 Å². The van der Waals surface area contributed by atoms with Crippen LogP contribution < -0.4 is 0 Å². The van der Waals surface area contributed by atoms with Crippen molar-refractivity contribution in [2.24, 2.45) is 35.5 Å². The fraction of sp³-hybridized carbons (Fsp3) is 1.00. The van der Waals surface area contributed by atoms with Crippen molar-refractivity contribution in [3.8, 4) is 0 Å². The van der Waals surface area contributed by atoms with E-state index < -0.39 is 8.56 Å². The van der Waals surface area contributed by atoms with Crippen molar-refractivity contribution >= 4 is 8.56 Å². The highest BCUT2D eigenvalue weighted by Gasteiger charge is 2.59. The molecule has 4 atom stereocenters. The van der Waals surface area contributed by atoms with Gasteiger partial charge in [0.2, 0.25) is 0 Å². The minimum absolute atomic E-state index is 0.636. The molecule has 3 heteroatoms. The van der Waals surface area contributed by atoms with Crippen LogP contribution in [0.25, 0.3) is 0 Å². The summed E-state index contributed by atoms with van der Waals surface area (Å²) in [5.41, 5.74) is 1.27. The summed E-state index contributed by atoms with van der Waals surface area (Å²) in [6.07, 6.45) is 5.34. The highest BCUT2D eigenvalue weighted by Crippen LogP contribution is 2.57. The molecule has 0 aromatic heterocycles. The van der Waals surface area contributed by atoms with Gasteiger partial charge in [0, 0.05) is 25.3 Å². The molecule has 23 heavy (non-hydrogen) atoms. The van der Waals surface area contributed by atoms with E-state index in [0.717, 1.165) is 35.5 Å². The predicted molar refractivity (Wildman–Crippen MR) is 101 cm³/mol. The smallest absolute Gasteiger partial charge is 0.345 e. The van der Waals surface area contributed by atoms with E-state index in [-0.39, 0.29) is 0 Å². The molecule has 0 aromatic rings. The molecule has 0 aromatic carbocycles. The zero-order chi connectivity index (χ0) is 17.4. The molecule has 2 saturated carbocycles. The lowest BCUT2D eigenvalue weighted by molar-refractivity contribution is 0.110. The summed E-state index contributed by atoms with van der Waals surface area (Å²) < 4.78 is 12.9. The maximum atomic E-state index is 6.43. The summed E-state index contributed by atoms with van der Waals surface area (Å²) in [5, 5.41) is 0. The number of hydrogen-bond acceptors (Lipinski definition) is 2. The van der Waals surface area contributed by atoms with Crippen LogP contribution in [0.1, 0.15) is 67.2 Å². The van der Waals surface area contributed by atoms with Crippen LogP contribution in [0.2, 0.25) is 11.1 Å². The molecule has 2 nitrogen and oxygen atoms in total. The molecule has 0 bridgehead atoms. The fourth-order valence-electron chi connectivity index (χ4n) is 6.88. The van der Waals surface area contributed by atoms with E-state index in [1.807, 2.05) is 14.2 Å². The zero-order valence-electron chi connectivity index (χ0n) is 16.8. The molecule has 0 spiro atoms. The van der Waals surface area contributed by atoms with E-state index in [1.54, 1.807) is 0 Å². The first kappa shape index (κ1) is 19.5. The molecule has 2 aliphatic rings. The molecule has 0 aliphatic heterocycles. The SMILES string of the molecule is CO[Si](OC)(C1C(C)CC(C)CC1C)C1C(C)CC(C)CC1C. The second-order valence-electron chi connectivity index (χ2n) is 9.24. The van der Waals surface area contributed by atoms with E-state index in [9.17, 15) is 0 Å². The van der Waals surface area contributed by atoms with E-state index in [2.05, 4.69) is 41.5 Å². The molecule has 0 N–H and O–H groups in total. The van der Waals surface area contributed by atoms with Crippen molar-refractivity contribution < 1.29 is 8.85 Å². The maximum Gasteiger partial charge on any atom is 0.345 e. The third-order valence-electron chi connectivity index (χ3n) is 7.12. The minimum Gasteiger partial charge on any atom is -0.397 e. The van der Waals surface area contributed by atoms with Gasteiger partial charge in [-0.2, -0.15) is 0 Å². The molecule has 4 unspecified atom stereocenters. The first-order valence-corrected chi connectivity index (χ1v) is 11.8. The lowest BCUT2D eigenvalue weighted by Crippen LogP contribution is -2.58. The van der Waals surface area contributed by atoms with Crippen molar-refractivity contribution in [2.45, 2.75) is 78.3 Å². The second-order valence-corrected chi connectivity index (χ2v) is 12.8. The molecule has 0 heterocycles. The average molecular weight is 341 g/mol. The Kier molecular flexibility index (Phi) is 6.41. The molecule has 2 fully saturated rings. The lowest BCUT2D eigenvalue weighted by atomic mass is 9.76. The van der Waals surface area contributed by atoms with Crippen LogP contribution in [0, 0.1) is 35.5 Å². The quantitative estimate of drug-likeness (QED) is 0.596. The predicted octanol–water partition coefficient (Wildman–Crippen LogP) is 5.87. The summed E-state index contributed by atoms with van der Waals surface area (Å²) >= 11 is 0. The Hall–Kier alpha value is 0.137. The van der Waals surface area contributed by atoms with Gasteiger partial charge >= 0.3 is 8.56 Å². The summed E-state index contributed by atoms with van der Waals surface area (Å²) in [5.74, 6) is 4.58. The highest BCUT2D eigenvalue weighted by atomic mass is 28.4. The van der Waals surface area contributed by atoms with E-state index in [0.29, 0.717) is 11.1 Å². The number of rotatable bonds is 4. The largest absolute Gasteiger partial charge is 0.397 e. The van der Waals surface area contributed by atoms with Gasteiger partial charge in [-0.05, 0) is 61.2 Å². The van der Waals surface area contributed by atoms with Gasteiger partial charge in [0.1, 0.15) is 0 Å². The van der Waals surface area contributed by atoms with Gasteiger partial charge in [-0.25, -0.2) is 0 Å². The van der Waals surface area contributed by atoms with Gasteiger partial charge in [0.05, 0.1) is 0 Å². The van der Waals surface area contributed by atoms with Crippen molar-refractivity contribution in [1.29, 1.82) is 0 Å². The Morgan fingerprint density at radius 1 is 0.565 bits per heavy atom. The average Bonchev–Trinajstić information content (AvgIpc) is 2.43. The Morgan fingerprint density at radius 3 is 1.04 bits per heavy atom. The molecule has 136 valence electrons. The third kappa shape index (κ3) is 3.57. The van der Waals surface area contributed by atoms with Crippen molar-refractivity contribution in [1.82, 2.24) is 0 Å². The maximum absolute atomic E-state index is 6.43. The molecule has 2 aliphatic carbocycles. The van der Waals surface area contributed by atoms with Crippen LogP contribution in [-0.4, -0.2) is 22.8 Å². The molecular formula is C20H40O2Si. The monoisotopic (exact) mass is 340 g/mol. The fourth-order valence-corrected chi connectivity index (χ4v) is 12.3. The van der Waals surface area contributed by atoms with Crippen molar-refractivity contribution in [3.05, 3.63) is 0 Å². The van der Waals surface area contributed by atoms with Crippen LogP contribution in [0.3, 0.4) is 0 Å². The second kappa shape index (κ2) is 7.57. The highest BCUT2D eigenvalue weighted by molar-refractivity contribution is 6.70. The van der Waals surface area contributed by atoms with Crippen molar-refractivity contribution in [2.75, 3.05) is 14.2 Å². The first-order valence-electron chi connectivity index (χ1n) is 9.87. The van der Waals surface area contributed by atoms with Gasteiger partial charge in [0.25, 0.3) is 0 Å². The molecular weight excluding hydrogens is 300 g/mol. The Labute approximate surface area is 146 Å². The van der Waals surface area contributed by atoms with Crippen LogP contribution >= 0.6 is 0 Å². The van der Waals surface area contributed by atoms with Crippen LogP contribution in [0.4, 0.5) is 0 Å². The van der Waals surface area contributed by atoms with Gasteiger partial charge in [0.15, 0.2) is 0 Å². The van der Waals surface area contributed by atoms with E-state index in [4.69, 9.17) is 8.85 Å². The van der Waals surface area contributed by atoms with Gasteiger partial charge in [-0.3, -0.25) is 0 Å². The Balaban J connectivity index is 2.38. The summed E-state index contributed by atoms with van der Waals surface area (Å²) in [7, 11) is 1.64. The van der Waals surface area contributed by atoms with Crippen LogP contribution in [-0.2, 0) is 8.85 Å². The normalized spacial score (nSPS) is 45.9. The lowest BCUT2D eigenvalue weighted by Gasteiger charge is -2.53. The van der Waals surface area contributed by atoms with E-state index >= 15 is 0 Å². The standard InChI is InChI=1S/C20H40O2Si/c1-13-9-15(3)19(16(4)10-13)23(21-7,22-8)20-17(5)11-14(2)12-18(20)6/h13-20H,9-12H2,1-8H3. The Morgan fingerprint density at radius 2 is 0.826 bits per heavy atom. The summed E-state index contributed by atoms with van der Waals surface area (Å²) in [4.78, 5) is 0. The molecule has 2 rings (SSSR count). The minimum atomic E-state index is -2.25. The van der Waals surface area contributed by atoms with E-state index in [1.165, 1.54) is 25.7 Å². The van der Waals surface area contributed by atoms with Crippen LogP contribution in [0.15, 0.2) is 0 Å². The van der Waals surface area contributed by atoms with Gasteiger partial charge in [-0.15, -0.1) is 0 Å². The number of hydrogen-bond donors (Lipinski definition) is 0. The first-order chi connectivity index (χ1) is 10.8. The third-order valence-corrected chi connectivity index (χ3v) is 12.5. The van der Waals surface area contributed by atoms with Crippen LogP contribution in [0.5, 0.6) is 0 Å². The van der Waals surface area contributed by atoms with Gasteiger partial charge < -0.3 is 8.85 Å². The molecule has 0 amide bonds. The van der Waals surface area contributed by atoms with Crippen molar-refractivity contribution in [3.63, 3.8) is 0 Å². The zero-order valence-corrected chi connectivity index (χ0v) is 17.8. The summed E-state index contributed by atoms with van der Waals surface area (Å²) in [6, 6.07) is 0. The topological polar surface area (TPSA) is 18.5 Å². The molecule has 0 radical (unpaired) electrons. The Bertz CT molecular complexity index is 326. The summed E-state index contributed by atoms with van der Waals surface area (Å²) in [6.45, 7) is 14.7. The molecule has 0 saturated heterocycles.